The van der Waals surface area contributed by atoms with E-state index in [1.807, 2.05) is 59.0 Å². The van der Waals surface area contributed by atoms with E-state index in [0.29, 0.717) is 38.9 Å². The number of halogens is 1. The molecule has 3 N–H and O–H groups in total. The molecule has 2 aromatic carbocycles. The molecule has 0 heterocycles. The Balaban J connectivity index is 2.00. The predicted molar refractivity (Wildman–Crippen MR) is 164 cm³/mol. The minimum Gasteiger partial charge on any atom is -0.493 e. The van der Waals surface area contributed by atoms with Crippen molar-refractivity contribution in [3.8, 4) is 11.5 Å². The molecular formula is C31H37IN2O7. The highest BCUT2D eigenvalue weighted by atomic mass is 127. The SMILES string of the molecule is C=CCCCCC(=O)N(Cc1ccccc1)C1CC(C(=O)NCCO)=CC(Oc2c(I)cc(C=O)cc2OC)C1O. The van der Waals surface area contributed by atoms with E-state index in [9.17, 15) is 24.6 Å². The molecule has 0 fully saturated rings. The highest BCUT2D eigenvalue weighted by Gasteiger charge is 2.40. The lowest BCUT2D eigenvalue weighted by Crippen LogP contribution is -2.54. The van der Waals surface area contributed by atoms with Gasteiger partial charge in [-0.25, -0.2) is 0 Å². The molecule has 0 aliphatic heterocycles. The van der Waals surface area contributed by atoms with E-state index >= 15 is 0 Å². The van der Waals surface area contributed by atoms with Crippen LogP contribution in [0, 0.1) is 3.57 Å². The molecule has 1 aliphatic rings. The predicted octanol–water partition coefficient (Wildman–Crippen LogP) is 3.80. The molecule has 9 nitrogen and oxygen atoms in total. The maximum absolute atomic E-state index is 13.6. The Labute approximate surface area is 254 Å². The molecule has 0 saturated carbocycles. The maximum Gasteiger partial charge on any atom is 0.247 e. The fourth-order valence-corrected chi connectivity index (χ4v) is 5.47. The van der Waals surface area contributed by atoms with Crippen molar-refractivity contribution >= 4 is 40.7 Å². The van der Waals surface area contributed by atoms with Crippen LogP contribution in [-0.2, 0) is 16.1 Å². The lowest BCUT2D eigenvalue weighted by atomic mass is 9.87. The first-order chi connectivity index (χ1) is 19.8. The normalized spacial score (nSPS) is 18.1. The highest BCUT2D eigenvalue weighted by molar-refractivity contribution is 14.1. The average molecular weight is 677 g/mol. The summed E-state index contributed by atoms with van der Waals surface area (Å²) in [5.74, 6) is 0.0495. The standard InChI is InChI=1S/C31H37IN2O7/c1-3-4-5-9-12-28(37)34(19-21-10-7-6-8-11-21)25-17-23(31(39)33-13-14-35)18-26(29(25)38)41-30-24(32)15-22(20-36)16-27(30)40-2/h3,6-8,10-11,15-16,18,20,25-26,29,35,38H,1,4-5,9,12-14,17,19H2,2H3,(H,33,39). The van der Waals surface area contributed by atoms with Crippen LogP contribution in [0.25, 0.3) is 0 Å². The van der Waals surface area contributed by atoms with Crippen LogP contribution in [0.3, 0.4) is 0 Å². The zero-order chi connectivity index (χ0) is 29.8. The number of aliphatic hydroxyl groups is 2. The monoisotopic (exact) mass is 676 g/mol. The number of allylic oxidation sites excluding steroid dienone is 1. The van der Waals surface area contributed by atoms with Crippen molar-refractivity contribution < 1.29 is 34.1 Å². The van der Waals surface area contributed by atoms with Gasteiger partial charge in [-0.1, -0.05) is 36.4 Å². The number of carbonyl (C=O) groups is 3. The van der Waals surface area contributed by atoms with E-state index in [4.69, 9.17) is 9.47 Å². The molecule has 0 aromatic heterocycles. The fraction of sp³-hybridized carbons (Fsp3) is 0.387. The molecular weight excluding hydrogens is 639 g/mol. The highest BCUT2D eigenvalue weighted by Crippen LogP contribution is 2.37. The summed E-state index contributed by atoms with van der Waals surface area (Å²) in [5, 5.41) is 23.6. The number of amides is 2. The van der Waals surface area contributed by atoms with Crippen LogP contribution < -0.4 is 14.8 Å². The van der Waals surface area contributed by atoms with Crippen molar-refractivity contribution in [2.45, 2.75) is 56.9 Å². The first-order valence-corrected chi connectivity index (χ1v) is 14.6. The van der Waals surface area contributed by atoms with Crippen LogP contribution in [-0.4, -0.2) is 71.7 Å². The van der Waals surface area contributed by atoms with Crippen LogP contribution in [0.4, 0.5) is 0 Å². The van der Waals surface area contributed by atoms with E-state index in [1.165, 1.54) is 13.2 Å². The van der Waals surface area contributed by atoms with Crippen LogP contribution in [0.2, 0.25) is 0 Å². The number of methoxy groups -OCH3 is 1. The van der Waals surface area contributed by atoms with E-state index in [-0.39, 0.29) is 38.4 Å². The van der Waals surface area contributed by atoms with Crippen molar-refractivity contribution in [3.63, 3.8) is 0 Å². The number of hydrogen-bond donors (Lipinski definition) is 3. The van der Waals surface area contributed by atoms with E-state index in [0.717, 1.165) is 18.4 Å². The van der Waals surface area contributed by atoms with Crippen molar-refractivity contribution in [2.75, 3.05) is 20.3 Å². The molecule has 220 valence electrons. The molecule has 0 spiro atoms. The molecule has 1 aliphatic carbocycles. The number of hydrogen-bond acceptors (Lipinski definition) is 7. The number of carbonyl (C=O) groups excluding carboxylic acids is 3. The van der Waals surface area contributed by atoms with E-state index < -0.39 is 24.2 Å². The summed E-state index contributed by atoms with van der Waals surface area (Å²) in [6.45, 7) is 3.82. The van der Waals surface area contributed by atoms with E-state index in [1.54, 1.807) is 17.0 Å². The summed E-state index contributed by atoms with van der Waals surface area (Å²) in [5.41, 5.74) is 1.62. The number of nitrogens with zero attached hydrogens (tertiary/aromatic N) is 1. The van der Waals surface area contributed by atoms with Gasteiger partial charge in [0.15, 0.2) is 11.5 Å². The Hall–Kier alpha value is -3.22. The van der Waals surface area contributed by atoms with Crippen LogP contribution in [0.15, 0.2) is 66.8 Å². The summed E-state index contributed by atoms with van der Waals surface area (Å²) >= 11 is 2.02. The fourth-order valence-electron chi connectivity index (χ4n) is 4.72. The van der Waals surface area contributed by atoms with Gasteiger partial charge in [0.05, 0.1) is 23.3 Å². The molecule has 2 aromatic rings. The van der Waals surface area contributed by atoms with Crippen LogP contribution >= 0.6 is 22.6 Å². The Bertz CT molecular complexity index is 1230. The van der Waals surface area contributed by atoms with Gasteiger partial charge in [0.25, 0.3) is 0 Å². The Morgan fingerprint density at radius 1 is 1.22 bits per heavy atom. The van der Waals surface area contributed by atoms with Crippen molar-refractivity contribution in [1.29, 1.82) is 0 Å². The molecule has 3 atom stereocenters. The molecule has 3 unspecified atom stereocenters. The number of nitrogens with one attached hydrogen (secondary N) is 1. The summed E-state index contributed by atoms with van der Waals surface area (Å²) in [6, 6.07) is 11.9. The number of aldehydes is 1. The first kappa shape index (κ1) is 32.3. The third kappa shape index (κ3) is 8.88. The van der Waals surface area contributed by atoms with Gasteiger partial charge < -0.3 is 29.9 Å². The van der Waals surface area contributed by atoms with Gasteiger partial charge in [0, 0.05) is 37.1 Å². The van der Waals surface area contributed by atoms with Crippen molar-refractivity contribution in [3.05, 3.63) is 81.5 Å². The molecule has 3 rings (SSSR count). The van der Waals surface area contributed by atoms with Gasteiger partial charge >= 0.3 is 0 Å². The van der Waals surface area contributed by atoms with Crippen molar-refractivity contribution in [1.82, 2.24) is 10.2 Å². The molecule has 0 saturated heterocycles. The Morgan fingerprint density at radius 2 is 1.98 bits per heavy atom. The first-order valence-electron chi connectivity index (χ1n) is 13.5. The van der Waals surface area contributed by atoms with Gasteiger partial charge in [-0.15, -0.1) is 6.58 Å². The van der Waals surface area contributed by atoms with Gasteiger partial charge in [-0.2, -0.15) is 0 Å². The smallest absolute Gasteiger partial charge is 0.247 e. The summed E-state index contributed by atoms with van der Waals surface area (Å²) < 4.78 is 12.3. The second-order valence-corrected chi connectivity index (χ2v) is 10.9. The molecule has 10 heteroatoms. The number of rotatable bonds is 15. The second kappa shape index (κ2) is 16.3. The Kier molecular flexibility index (Phi) is 12.8. The number of ether oxygens (including phenoxy) is 2. The zero-order valence-corrected chi connectivity index (χ0v) is 25.3. The second-order valence-electron chi connectivity index (χ2n) is 9.71. The van der Waals surface area contributed by atoms with Crippen molar-refractivity contribution in [2.24, 2.45) is 0 Å². The van der Waals surface area contributed by atoms with E-state index in [2.05, 4.69) is 11.9 Å². The number of unbranched alkanes of at least 4 members (excludes halogenated alkanes) is 2. The summed E-state index contributed by atoms with van der Waals surface area (Å²) in [4.78, 5) is 39.7. The lowest BCUT2D eigenvalue weighted by molar-refractivity contribution is -0.139. The molecule has 0 bridgehead atoms. The lowest BCUT2D eigenvalue weighted by Gasteiger charge is -2.41. The third-order valence-electron chi connectivity index (χ3n) is 6.82. The average Bonchev–Trinajstić information content (AvgIpc) is 2.99. The molecule has 41 heavy (non-hydrogen) atoms. The molecule has 0 radical (unpaired) electrons. The quantitative estimate of drug-likeness (QED) is 0.114. The topological polar surface area (TPSA) is 125 Å². The number of benzene rings is 2. The van der Waals surface area contributed by atoms with Crippen LogP contribution in [0.1, 0.15) is 48.0 Å². The van der Waals surface area contributed by atoms with Gasteiger partial charge in [0.2, 0.25) is 11.8 Å². The summed E-state index contributed by atoms with van der Waals surface area (Å²) in [6.07, 6.45) is 4.53. The largest absolute Gasteiger partial charge is 0.493 e. The van der Waals surface area contributed by atoms with Gasteiger partial charge in [-0.05, 0) is 65.6 Å². The van der Waals surface area contributed by atoms with Gasteiger partial charge in [0.1, 0.15) is 18.5 Å². The summed E-state index contributed by atoms with van der Waals surface area (Å²) in [7, 11) is 1.45. The third-order valence-corrected chi connectivity index (χ3v) is 7.62. The zero-order valence-electron chi connectivity index (χ0n) is 23.1. The minimum atomic E-state index is -1.18. The van der Waals surface area contributed by atoms with Gasteiger partial charge in [-0.3, -0.25) is 14.4 Å². The van der Waals surface area contributed by atoms with Crippen LogP contribution in [0.5, 0.6) is 11.5 Å². The maximum atomic E-state index is 13.6. The minimum absolute atomic E-state index is 0.0593. The Morgan fingerprint density at radius 3 is 2.63 bits per heavy atom. The number of aliphatic hydroxyl groups excluding tert-OH is 2. The molecule has 2 amide bonds.